The molecule has 3 aliphatic rings. The van der Waals surface area contributed by atoms with Gasteiger partial charge in [-0.15, -0.1) is 0 Å². The number of hydrazine groups is 2. The number of nitrogens with one attached hydrogen (secondary N) is 6. The molecule has 9 rings (SSSR count). The van der Waals surface area contributed by atoms with Gasteiger partial charge < -0.3 is 41.0 Å². The fraction of sp³-hybridized carbons (Fsp3) is 0.462. The lowest BCUT2D eigenvalue weighted by Gasteiger charge is -2.38. The number of hydrogen-bond donors (Lipinski definition) is 8. The number of carboxylic acids is 1. The Morgan fingerprint density at radius 2 is 1.35 bits per heavy atom. The summed E-state index contributed by atoms with van der Waals surface area (Å²) >= 11 is 0. The molecule has 32 nitrogen and oxygen atoms in total. The number of aliphatic hydroxyl groups excluding tert-OH is 1. The maximum absolute atomic E-state index is 13.4. The second-order valence-corrected chi connectivity index (χ2v) is 29.6. The third-order valence-corrected chi connectivity index (χ3v) is 19.4. The van der Waals surface area contributed by atoms with Crippen molar-refractivity contribution in [1.82, 2.24) is 61.2 Å². The topological polar surface area (TPSA) is 430 Å². The average molecular weight is 1520 g/mol. The van der Waals surface area contributed by atoms with E-state index in [0.717, 1.165) is 30.5 Å². The Kier molecular flexibility index (Phi) is 28.4. The zero-order chi connectivity index (χ0) is 81.9. The van der Waals surface area contributed by atoms with Gasteiger partial charge in [0.2, 0.25) is 17.7 Å². The number of esters is 2. The van der Waals surface area contributed by atoms with Gasteiger partial charge >= 0.3 is 17.9 Å². The van der Waals surface area contributed by atoms with Crippen LogP contribution in [0.1, 0.15) is 183 Å². The number of rotatable bonds is 15. The number of ether oxygens (including phenoxy) is 2. The molecule has 6 aromatic rings. The van der Waals surface area contributed by atoms with Crippen LogP contribution in [0.25, 0.3) is 34.0 Å². The molecule has 0 aliphatic carbocycles. The fourth-order valence-corrected chi connectivity index (χ4v) is 12.5. The molecule has 8 N–H and O–H groups in total. The monoisotopic (exact) mass is 1520 g/mol. The lowest BCUT2D eigenvalue weighted by molar-refractivity contribution is -0.385. The highest BCUT2D eigenvalue weighted by Crippen LogP contribution is 2.31. The maximum Gasteiger partial charge on any atom is 0.353 e. The van der Waals surface area contributed by atoms with Gasteiger partial charge in [0.25, 0.3) is 34.3 Å². The summed E-state index contributed by atoms with van der Waals surface area (Å²) < 4.78 is 13.9. The van der Waals surface area contributed by atoms with Crippen LogP contribution in [0.15, 0.2) is 107 Å². The number of allylic oxidation sites excluding steroid dienone is 1. The quantitative estimate of drug-likeness (QED) is 0.0209. The van der Waals surface area contributed by atoms with Gasteiger partial charge in [0.1, 0.15) is 65.2 Å². The van der Waals surface area contributed by atoms with Crippen molar-refractivity contribution >= 4 is 92.8 Å². The summed E-state index contributed by atoms with van der Waals surface area (Å²) in [5.41, 5.74) is 5.99. The van der Waals surface area contributed by atoms with E-state index in [0.29, 0.717) is 64.8 Å². The van der Waals surface area contributed by atoms with E-state index in [-0.39, 0.29) is 75.0 Å². The van der Waals surface area contributed by atoms with Gasteiger partial charge in [-0.25, -0.2) is 30.4 Å². The molecule has 5 amide bonds. The Bertz CT molecular complexity index is 4680. The van der Waals surface area contributed by atoms with Gasteiger partial charge in [-0.3, -0.25) is 77.7 Å². The molecule has 9 atom stereocenters. The molecule has 2 saturated heterocycles. The number of aromatic nitrogens is 4. The number of aliphatic carboxylic acids is 1. The number of carbonyl (C=O) groups is 8. The highest BCUT2D eigenvalue weighted by atomic mass is 16.6. The fourth-order valence-electron chi connectivity index (χ4n) is 12.5. The lowest BCUT2D eigenvalue weighted by atomic mass is 9.87. The first-order chi connectivity index (χ1) is 51.5. The van der Waals surface area contributed by atoms with Crippen molar-refractivity contribution in [2.45, 2.75) is 184 Å². The minimum atomic E-state index is -1.24. The van der Waals surface area contributed by atoms with Crippen molar-refractivity contribution in [3.8, 4) is 0 Å². The molecule has 3 aliphatic heterocycles. The van der Waals surface area contributed by atoms with E-state index < -0.39 is 110 Å². The molecule has 0 saturated carbocycles. The molecule has 32 heteroatoms. The molecular weight excluding hydrogens is 1420 g/mol. The van der Waals surface area contributed by atoms with E-state index in [9.17, 15) is 78.4 Å². The normalized spacial score (nSPS) is 20.2. The number of fused-ring (bicyclic) bond motifs is 5. The molecule has 4 aromatic carbocycles. The van der Waals surface area contributed by atoms with Crippen LogP contribution in [0, 0.1) is 56.7 Å². The first-order valence-corrected chi connectivity index (χ1v) is 36.2. The van der Waals surface area contributed by atoms with E-state index in [1.165, 1.54) is 61.5 Å². The van der Waals surface area contributed by atoms with Crippen LogP contribution in [0.3, 0.4) is 0 Å². The Labute approximate surface area is 636 Å². The highest BCUT2D eigenvalue weighted by molar-refractivity contribution is 6.07. The number of nitro benzene ring substituents is 2. The number of benzene rings is 4. The molecule has 590 valence electrons. The highest BCUT2D eigenvalue weighted by Gasteiger charge is 2.38. The summed E-state index contributed by atoms with van der Waals surface area (Å²) in [7, 11) is 3.27. The third-order valence-electron chi connectivity index (χ3n) is 19.4. The van der Waals surface area contributed by atoms with Gasteiger partial charge in [-0.2, -0.15) is 0 Å². The summed E-state index contributed by atoms with van der Waals surface area (Å²) in [6, 6.07) is 14.4. The number of aryl methyl sites for hydroxylation is 2. The number of nitro groups is 2. The second-order valence-electron chi connectivity index (χ2n) is 29.6. The van der Waals surface area contributed by atoms with E-state index in [4.69, 9.17) is 9.72 Å². The van der Waals surface area contributed by atoms with Gasteiger partial charge in [0.15, 0.2) is 0 Å². The van der Waals surface area contributed by atoms with Crippen molar-refractivity contribution < 1.29 is 67.9 Å². The zero-order valence-electron chi connectivity index (χ0n) is 65.0. The number of hydrogen-bond acceptors (Lipinski definition) is 22. The first-order valence-electron chi connectivity index (χ1n) is 36.2. The molecule has 5 heterocycles. The van der Waals surface area contributed by atoms with E-state index in [1.807, 2.05) is 65.8 Å². The molecule has 110 heavy (non-hydrogen) atoms. The van der Waals surface area contributed by atoms with Crippen LogP contribution >= 0.6 is 0 Å². The van der Waals surface area contributed by atoms with E-state index in [1.54, 1.807) is 94.7 Å². The summed E-state index contributed by atoms with van der Waals surface area (Å²) in [6.07, 6.45) is 8.24. The minimum Gasteiger partial charge on any atom is -0.480 e. The number of carboxylic acid groups (broad SMARTS) is 1. The standard InChI is InChI=1S/C32H46N6O4.C30H42N6O7.C16H12N2O7/c1-18(2)27-29(39)33-19(3)30(40)38-16-10-11-25(36-38)20(4)42-21(5)28-35-26-17-23(12-13-24(26)31(41)37(28)9)14-15-32(7,8)22(6)34-27;1-16(2)23(25(38)31-17(3)26(39)36-14-8-9-21(34-36)28(41)42)33-29(43)30(5,6)13-12-19-10-11-20-22(15-19)32-24(18(4)37)35(7)27(20)40;1-9-5-3-7-11(17(21)22)13(9)15(19)25-16(20)14-10(2)6-4-8-12(14)18(23)24/h12-15,17-21,25,27,34,36H,6,10-11,16H2,1-5,7-9H3,(H,33,39);10-13,15-18,21,23,34,37H,8-9,14H2,1-7H3,(H,31,38)(H,33,43)(H,41,42);3-8H,1-2H3/b15-14+;13-12+;/t19-,20?,21+,25?,27-;17-,18+,21-,23-;/m00./s1. The predicted molar refractivity (Wildman–Crippen MR) is 411 cm³/mol. The summed E-state index contributed by atoms with van der Waals surface area (Å²) in [5.74, 6) is -5.00. The second kappa shape index (κ2) is 36.3. The molecule has 2 fully saturated rings. The summed E-state index contributed by atoms with van der Waals surface area (Å²) in [4.78, 5) is 158. The van der Waals surface area contributed by atoms with Crippen molar-refractivity contribution in [2.75, 3.05) is 13.1 Å². The minimum absolute atomic E-state index is 0.0497. The largest absolute Gasteiger partial charge is 0.480 e. The van der Waals surface area contributed by atoms with Crippen LogP contribution in [0.4, 0.5) is 11.4 Å². The number of amides is 5. The Morgan fingerprint density at radius 1 is 0.773 bits per heavy atom. The van der Waals surface area contributed by atoms with Crippen LogP contribution < -0.4 is 43.2 Å². The molecule has 2 aromatic heterocycles. The maximum atomic E-state index is 13.4. The summed E-state index contributed by atoms with van der Waals surface area (Å²) in [6.45, 7) is 31.5. The van der Waals surface area contributed by atoms with Gasteiger partial charge in [0, 0.05) is 50.4 Å². The van der Waals surface area contributed by atoms with E-state index >= 15 is 0 Å². The number of carbonyl (C=O) groups excluding carboxylic acids is 7. The van der Waals surface area contributed by atoms with Crippen LogP contribution in [-0.2, 0) is 52.3 Å². The Hall–Kier alpha value is -11.2. The Morgan fingerprint density at radius 3 is 1.91 bits per heavy atom. The number of aliphatic hydroxyl groups is 1. The van der Waals surface area contributed by atoms with Crippen molar-refractivity contribution in [3.63, 3.8) is 0 Å². The average Bonchev–Trinajstić information content (AvgIpc) is 0.826. The van der Waals surface area contributed by atoms with Crippen LogP contribution in [0.2, 0.25) is 0 Å². The molecular formula is C78H100N14O18. The van der Waals surface area contributed by atoms with Gasteiger partial charge in [-0.1, -0.05) is 109 Å². The zero-order valence-corrected chi connectivity index (χ0v) is 65.0. The van der Waals surface area contributed by atoms with E-state index in [2.05, 4.69) is 48.4 Å². The predicted octanol–water partition coefficient (Wildman–Crippen LogP) is 7.95. The Balaban J connectivity index is 0.000000238. The van der Waals surface area contributed by atoms with Gasteiger partial charge in [-0.05, 0) is 146 Å². The first kappa shape index (κ1) is 86.0. The van der Waals surface area contributed by atoms with Crippen LogP contribution in [-0.4, -0.2) is 152 Å². The molecule has 5 bridgehead atoms. The molecule has 0 spiro atoms. The SMILES string of the molecule is C=C1N[C@@H](C(C)C)C(=O)N[C@@H](C)C(=O)N2CCCC(N2)C(C)O[C@H](C)c2nc3cc(ccc3c(=O)n2C)/C=C/C1(C)C.CC(C)[C@H](NC(=O)C(C)(C)/C=C/c1ccc2c(=O)n(C)c([C@@H](C)O)nc2c1)C(=O)N[C@@H](C)C(=O)N1CCC[C@@H](C(=O)O)N1.Cc1cccc([N+](=O)[O-])c1C(=O)OC(=O)c1c(C)cccc1[N+](=O)[O-]. The smallest absolute Gasteiger partial charge is 0.353 e. The number of nitrogens with zero attached hydrogens (tertiary/aromatic N) is 8. The third kappa shape index (κ3) is 20.8. The van der Waals surface area contributed by atoms with Crippen LogP contribution in [0.5, 0.6) is 0 Å². The van der Waals surface area contributed by atoms with Crippen molar-refractivity contribution in [1.29, 1.82) is 0 Å². The molecule has 2 unspecified atom stereocenters. The van der Waals surface area contributed by atoms with Crippen molar-refractivity contribution in [3.05, 3.63) is 183 Å². The lowest BCUT2D eigenvalue weighted by Crippen LogP contribution is -2.61. The summed E-state index contributed by atoms with van der Waals surface area (Å²) in [5, 5.41) is 56.8. The van der Waals surface area contributed by atoms with Gasteiger partial charge in [0.05, 0.1) is 49.2 Å². The van der Waals surface area contributed by atoms with Crippen molar-refractivity contribution in [2.24, 2.45) is 36.8 Å². The molecule has 0 radical (unpaired) electrons.